The van der Waals surface area contributed by atoms with Crippen molar-refractivity contribution in [2.75, 3.05) is 26.7 Å². The van der Waals surface area contributed by atoms with Crippen LogP contribution in [0.5, 0.6) is 0 Å². The van der Waals surface area contributed by atoms with Crippen molar-refractivity contribution in [1.29, 1.82) is 5.26 Å². The molecule has 1 saturated carbocycles. The fourth-order valence-electron chi connectivity index (χ4n) is 3.87. The first-order valence-electron chi connectivity index (χ1n) is 7.99. The number of piperidine rings is 1. The molecule has 1 aliphatic heterocycles. The lowest BCUT2D eigenvalue weighted by molar-refractivity contribution is 0.0549. The summed E-state index contributed by atoms with van der Waals surface area (Å²) in [4.78, 5) is 5.09. The molecular weight excluding hydrogens is 234 g/mol. The summed E-state index contributed by atoms with van der Waals surface area (Å²) in [7, 11) is 2.26. The quantitative estimate of drug-likeness (QED) is 0.784. The van der Waals surface area contributed by atoms with Crippen molar-refractivity contribution < 1.29 is 0 Å². The molecule has 1 saturated heterocycles. The second kappa shape index (κ2) is 6.72. The third-order valence-corrected chi connectivity index (χ3v) is 5.35. The summed E-state index contributed by atoms with van der Waals surface area (Å²) in [5, 5.41) is 9.39. The summed E-state index contributed by atoms with van der Waals surface area (Å²) in [6.07, 6.45) is 6.08. The summed E-state index contributed by atoms with van der Waals surface area (Å²) in [6, 6.07) is 3.74. The average molecular weight is 263 g/mol. The van der Waals surface area contributed by atoms with E-state index in [-0.39, 0.29) is 5.92 Å². The van der Waals surface area contributed by atoms with Crippen LogP contribution in [-0.2, 0) is 0 Å². The molecule has 1 aliphatic carbocycles. The van der Waals surface area contributed by atoms with E-state index in [0.717, 1.165) is 12.3 Å². The molecule has 2 rings (SSSR count). The van der Waals surface area contributed by atoms with Crippen molar-refractivity contribution >= 4 is 0 Å². The minimum Gasteiger partial charge on any atom is -0.303 e. The van der Waals surface area contributed by atoms with Gasteiger partial charge in [0.1, 0.15) is 0 Å². The first-order valence-corrected chi connectivity index (χ1v) is 7.99. The second-order valence-electron chi connectivity index (χ2n) is 6.55. The molecule has 0 aromatic heterocycles. The highest BCUT2D eigenvalue weighted by atomic mass is 15.2. The van der Waals surface area contributed by atoms with Gasteiger partial charge in [-0.2, -0.15) is 5.26 Å². The molecule has 0 bridgehead atoms. The summed E-state index contributed by atoms with van der Waals surface area (Å²) in [6.45, 7) is 8.22. The molecule has 0 aromatic rings. The van der Waals surface area contributed by atoms with E-state index in [1.165, 1.54) is 45.3 Å². The standard InChI is InChI=1S/C16H29N3/c1-4-19-9-7-15(8-10-19)18(3)16-11-13(2)5-6-14(16)12-17/h13-16H,4-11H2,1-3H3. The van der Waals surface area contributed by atoms with E-state index in [9.17, 15) is 5.26 Å². The van der Waals surface area contributed by atoms with Crippen molar-refractivity contribution in [2.24, 2.45) is 11.8 Å². The van der Waals surface area contributed by atoms with Gasteiger partial charge >= 0.3 is 0 Å². The zero-order chi connectivity index (χ0) is 13.8. The summed E-state index contributed by atoms with van der Waals surface area (Å²) < 4.78 is 0. The Balaban J connectivity index is 1.94. The SMILES string of the molecule is CCN1CCC(N(C)C2CC(C)CCC2C#N)CC1. The van der Waals surface area contributed by atoms with Crippen molar-refractivity contribution in [3.8, 4) is 6.07 Å². The third kappa shape index (κ3) is 3.49. The minimum absolute atomic E-state index is 0.255. The van der Waals surface area contributed by atoms with Crippen molar-refractivity contribution in [3.63, 3.8) is 0 Å². The molecule has 3 heteroatoms. The maximum absolute atomic E-state index is 9.39. The number of hydrogen-bond donors (Lipinski definition) is 0. The van der Waals surface area contributed by atoms with Gasteiger partial charge in [0.05, 0.1) is 12.0 Å². The number of likely N-dealkylation sites (tertiary alicyclic amines) is 1. The normalized spacial score (nSPS) is 34.4. The Hall–Kier alpha value is -0.590. The van der Waals surface area contributed by atoms with Crippen LogP contribution in [0.25, 0.3) is 0 Å². The molecular formula is C16H29N3. The van der Waals surface area contributed by atoms with Gasteiger partial charge in [0.15, 0.2) is 0 Å². The van der Waals surface area contributed by atoms with Crippen LogP contribution in [-0.4, -0.2) is 48.6 Å². The van der Waals surface area contributed by atoms with Gasteiger partial charge in [0, 0.05) is 12.1 Å². The summed E-state index contributed by atoms with van der Waals surface area (Å²) >= 11 is 0. The smallest absolute Gasteiger partial charge is 0.0672 e. The van der Waals surface area contributed by atoms with Gasteiger partial charge < -0.3 is 4.90 Å². The van der Waals surface area contributed by atoms with Gasteiger partial charge in [-0.1, -0.05) is 13.8 Å². The Morgan fingerprint density at radius 1 is 1.21 bits per heavy atom. The Morgan fingerprint density at radius 2 is 1.89 bits per heavy atom. The molecule has 0 radical (unpaired) electrons. The maximum atomic E-state index is 9.39. The Labute approximate surface area is 118 Å². The van der Waals surface area contributed by atoms with E-state index >= 15 is 0 Å². The lowest BCUT2D eigenvalue weighted by Gasteiger charge is -2.44. The molecule has 2 fully saturated rings. The van der Waals surface area contributed by atoms with Crippen LogP contribution in [0, 0.1) is 23.2 Å². The number of nitriles is 1. The lowest BCUT2D eigenvalue weighted by atomic mass is 9.78. The van der Waals surface area contributed by atoms with Crippen molar-refractivity contribution in [1.82, 2.24) is 9.80 Å². The minimum atomic E-state index is 0.255. The number of nitrogens with zero attached hydrogens (tertiary/aromatic N) is 3. The largest absolute Gasteiger partial charge is 0.303 e. The molecule has 3 nitrogen and oxygen atoms in total. The highest BCUT2D eigenvalue weighted by Crippen LogP contribution is 2.33. The first-order chi connectivity index (χ1) is 9.15. The van der Waals surface area contributed by atoms with E-state index in [2.05, 4.69) is 36.8 Å². The van der Waals surface area contributed by atoms with Crippen LogP contribution in [0.4, 0.5) is 0 Å². The Bertz CT molecular complexity index is 314. The number of hydrogen-bond acceptors (Lipinski definition) is 3. The molecule has 0 aromatic carbocycles. The van der Waals surface area contributed by atoms with Crippen LogP contribution in [0.3, 0.4) is 0 Å². The van der Waals surface area contributed by atoms with Crippen LogP contribution in [0.1, 0.15) is 46.0 Å². The van der Waals surface area contributed by atoms with E-state index in [1.807, 2.05) is 0 Å². The van der Waals surface area contributed by atoms with E-state index in [1.54, 1.807) is 0 Å². The topological polar surface area (TPSA) is 30.3 Å². The van der Waals surface area contributed by atoms with E-state index < -0.39 is 0 Å². The molecule has 2 aliphatic rings. The van der Waals surface area contributed by atoms with Gasteiger partial charge in [0.2, 0.25) is 0 Å². The molecule has 0 spiro atoms. The summed E-state index contributed by atoms with van der Waals surface area (Å²) in [5.41, 5.74) is 0. The van der Waals surface area contributed by atoms with Crippen molar-refractivity contribution in [3.05, 3.63) is 0 Å². The molecule has 3 atom stereocenters. The zero-order valence-electron chi connectivity index (χ0n) is 12.8. The highest BCUT2D eigenvalue weighted by molar-refractivity contribution is 4.98. The van der Waals surface area contributed by atoms with Gasteiger partial charge in [-0.15, -0.1) is 0 Å². The molecule has 19 heavy (non-hydrogen) atoms. The fraction of sp³-hybridized carbons (Fsp3) is 0.938. The van der Waals surface area contributed by atoms with Crippen LogP contribution in [0.15, 0.2) is 0 Å². The molecule has 1 heterocycles. The highest BCUT2D eigenvalue weighted by Gasteiger charge is 2.35. The van der Waals surface area contributed by atoms with Crippen molar-refractivity contribution in [2.45, 2.75) is 58.0 Å². The first kappa shape index (κ1) is 14.8. The average Bonchev–Trinajstić information content (AvgIpc) is 2.46. The monoisotopic (exact) mass is 263 g/mol. The predicted molar refractivity (Wildman–Crippen MR) is 78.8 cm³/mol. The maximum Gasteiger partial charge on any atom is 0.0672 e. The fourth-order valence-corrected chi connectivity index (χ4v) is 3.87. The van der Waals surface area contributed by atoms with Gasteiger partial charge in [0.25, 0.3) is 0 Å². The molecule has 3 unspecified atom stereocenters. The molecule has 0 amide bonds. The lowest BCUT2D eigenvalue weighted by Crippen LogP contribution is -2.50. The second-order valence-corrected chi connectivity index (χ2v) is 6.55. The van der Waals surface area contributed by atoms with Gasteiger partial charge in [-0.3, -0.25) is 4.90 Å². The molecule has 0 N–H and O–H groups in total. The Kier molecular flexibility index (Phi) is 5.24. The van der Waals surface area contributed by atoms with Gasteiger partial charge in [-0.25, -0.2) is 0 Å². The third-order valence-electron chi connectivity index (χ3n) is 5.35. The van der Waals surface area contributed by atoms with E-state index in [0.29, 0.717) is 12.1 Å². The predicted octanol–water partition coefficient (Wildman–Crippen LogP) is 2.73. The van der Waals surface area contributed by atoms with Crippen LogP contribution < -0.4 is 0 Å². The zero-order valence-corrected chi connectivity index (χ0v) is 12.8. The van der Waals surface area contributed by atoms with E-state index in [4.69, 9.17) is 0 Å². The number of rotatable bonds is 3. The van der Waals surface area contributed by atoms with Crippen LogP contribution in [0.2, 0.25) is 0 Å². The Morgan fingerprint density at radius 3 is 2.47 bits per heavy atom. The van der Waals surface area contributed by atoms with Crippen LogP contribution >= 0.6 is 0 Å². The molecule has 108 valence electrons. The van der Waals surface area contributed by atoms with Gasteiger partial charge in [-0.05, 0) is 64.7 Å². The summed E-state index contributed by atoms with van der Waals surface area (Å²) in [5.74, 6) is 1.04.